The average Bonchev–Trinajstić information content (AvgIpc) is 3.45. The molecule has 1 heterocycles. The third kappa shape index (κ3) is 8.02. The first kappa shape index (κ1) is 31.0. The maximum atomic E-state index is 13.5. The van der Waals surface area contributed by atoms with Crippen LogP contribution < -0.4 is 22.5 Å². The number of carbonyl (C=O) groups is 4. The number of hydrogen-bond donors (Lipinski definition) is 4. The minimum atomic E-state index is -0.851. The lowest BCUT2D eigenvalue weighted by Gasteiger charge is -2.31. The van der Waals surface area contributed by atoms with Gasteiger partial charge in [0.15, 0.2) is 0 Å². The second-order valence-corrected chi connectivity index (χ2v) is 10.6. The molecule has 0 spiro atoms. The molecule has 10 nitrogen and oxygen atoms in total. The summed E-state index contributed by atoms with van der Waals surface area (Å²) in [4.78, 5) is 55.5. The number of nitrogens with one attached hydrogen (secondary N) is 1. The lowest BCUT2D eigenvalue weighted by atomic mass is 10.0. The summed E-state index contributed by atoms with van der Waals surface area (Å²) in [5.74, 6) is -1.46. The molecule has 0 aromatic heterocycles. The van der Waals surface area contributed by atoms with Gasteiger partial charge in [0.2, 0.25) is 23.6 Å². The summed E-state index contributed by atoms with van der Waals surface area (Å²) in [6.45, 7) is 1.43. The van der Waals surface area contributed by atoms with Crippen molar-refractivity contribution in [3.8, 4) is 0 Å². The fourth-order valence-corrected chi connectivity index (χ4v) is 5.48. The highest BCUT2D eigenvalue weighted by Crippen LogP contribution is 2.23. The molecular formula is C30H44N6O4. The van der Waals surface area contributed by atoms with Gasteiger partial charge in [0.25, 0.3) is 0 Å². The van der Waals surface area contributed by atoms with Gasteiger partial charge >= 0.3 is 0 Å². The summed E-state index contributed by atoms with van der Waals surface area (Å²) in [7, 11) is 1.54. The van der Waals surface area contributed by atoms with Crippen molar-refractivity contribution in [1.29, 1.82) is 0 Å². The summed E-state index contributed by atoms with van der Waals surface area (Å²) < 4.78 is 0. The van der Waals surface area contributed by atoms with Crippen LogP contribution in [0.5, 0.6) is 0 Å². The number of likely N-dealkylation sites (tertiary alicyclic amines) is 1. The molecule has 1 aliphatic heterocycles. The fraction of sp³-hybridized carbons (Fsp3) is 0.533. The van der Waals surface area contributed by atoms with Crippen molar-refractivity contribution in [2.24, 2.45) is 17.2 Å². The highest BCUT2D eigenvalue weighted by molar-refractivity contribution is 5.95. The van der Waals surface area contributed by atoms with Gasteiger partial charge in [-0.25, -0.2) is 0 Å². The van der Waals surface area contributed by atoms with E-state index < -0.39 is 24.0 Å². The van der Waals surface area contributed by atoms with E-state index in [1.807, 2.05) is 42.5 Å². The monoisotopic (exact) mass is 552 g/mol. The number of unbranched alkanes of at least 4 members (excludes halogenated alkanes) is 2. The van der Waals surface area contributed by atoms with E-state index in [2.05, 4.69) is 5.32 Å². The van der Waals surface area contributed by atoms with Crippen LogP contribution in [-0.2, 0) is 25.6 Å². The Bertz CT molecular complexity index is 1170. The Morgan fingerprint density at radius 1 is 0.975 bits per heavy atom. The van der Waals surface area contributed by atoms with Crippen LogP contribution in [0.15, 0.2) is 42.5 Å². The van der Waals surface area contributed by atoms with E-state index in [-0.39, 0.29) is 24.1 Å². The molecule has 3 rings (SSSR count). The molecule has 1 fully saturated rings. The minimum Gasteiger partial charge on any atom is -0.368 e. The zero-order valence-electron chi connectivity index (χ0n) is 23.5. The van der Waals surface area contributed by atoms with Gasteiger partial charge in [0, 0.05) is 13.6 Å². The van der Waals surface area contributed by atoms with Crippen LogP contribution in [-0.4, -0.2) is 78.2 Å². The topological polar surface area (TPSA) is 165 Å². The summed E-state index contributed by atoms with van der Waals surface area (Å²) in [5, 5.41) is 4.98. The number of amides is 4. The van der Waals surface area contributed by atoms with Crippen molar-refractivity contribution >= 4 is 34.4 Å². The van der Waals surface area contributed by atoms with Gasteiger partial charge in [-0.05, 0) is 80.8 Å². The van der Waals surface area contributed by atoms with Crippen molar-refractivity contribution in [2.75, 3.05) is 26.7 Å². The van der Waals surface area contributed by atoms with Crippen molar-refractivity contribution in [3.05, 3.63) is 48.0 Å². The van der Waals surface area contributed by atoms with Crippen LogP contribution in [0.3, 0.4) is 0 Å². The Kier molecular flexibility index (Phi) is 11.9. The van der Waals surface area contributed by atoms with Crippen LogP contribution in [0.4, 0.5) is 0 Å². The third-order valence-corrected chi connectivity index (χ3v) is 7.73. The molecule has 0 unspecified atom stereocenters. The van der Waals surface area contributed by atoms with Crippen LogP contribution in [0.1, 0.15) is 56.9 Å². The van der Waals surface area contributed by atoms with Gasteiger partial charge in [-0.2, -0.15) is 0 Å². The van der Waals surface area contributed by atoms with Gasteiger partial charge in [-0.3, -0.25) is 19.2 Å². The molecule has 0 saturated carbocycles. The number of carbonyl (C=O) groups excluding carboxylic acids is 4. The third-order valence-electron chi connectivity index (χ3n) is 7.73. The summed E-state index contributed by atoms with van der Waals surface area (Å²) in [5.41, 5.74) is 17.8. The molecule has 1 aliphatic rings. The maximum absolute atomic E-state index is 13.5. The number of fused-ring (bicyclic) bond motifs is 1. The summed E-state index contributed by atoms with van der Waals surface area (Å²) in [6.07, 6.45) is 4.88. The van der Waals surface area contributed by atoms with Crippen LogP contribution >= 0.6 is 0 Å². The lowest BCUT2D eigenvalue weighted by Crippen LogP contribution is -2.56. The number of likely N-dealkylation sites (N-methyl/N-ethyl adjacent to an activating group) is 1. The fourth-order valence-electron chi connectivity index (χ4n) is 5.48. The van der Waals surface area contributed by atoms with Gasteiger partial charge in [-0.15, -0.1) is 0 Å². The molecule has 3 atom stereocenters. The number of nitrogens with zero attached hydrogens (tertiary/aromatic N) is 2. The molecule has 0 aliphatic carbocycles. The zero-order chi connectivity index (χ0) is 29.1. The van der Waals surface area contributed by atoms with Crippen LogP contribution in [0.25, 0.3) is 10.8 Å². The summed E-state index contributed by atoms with van der Waals surface area (Å²) in [6, 6.07) is 11.5. The highest BCUT2D eigenvalue weighted by atomic mass is 16.2. The van der Waals surface area contributed by atoms with Crippen molar-refractivity contribution in [3.63, 3.8) is 0 Å². The first-order valence-corrected chi connectivity index (χ1v) is 14.3. The van der Waals surface area contributed by atoms with E-state index >= 15 is 0 Å². The van der Waals surface area contributed by atoms with Crippen LogP contribution in [0.2, 0.25) is 0 Å². The largest absolute Gasteiger partial charge is 0.368 e. The molecule has 40 heavy (non-hydrogen) atoms. The molecule has 0 radical (unpaired) electrons. The van der Waals surface area contributed by atoms with E-state index in [0.717, 1.165) is 16.3 Å². The first-order chi connectivity index (χ1) is 19.3. The van der Waals surface area contributed by atoms with Gasteiger partial charge in [0.05, 0.1) is 6.42 Å². The molecule has 0 bridgehead atoms. The molecule has 1 saturated heterocycles. The Balaban J connectivity index is 1.72. The van der Waals surface area contributed by atoms with E-state index in [1.54, 1.807) is 4.90 Å². The van der Waals surface area contributed by atoms with E-state index in [4.69, 9.17) is 17.2 Å². The Morgan fingerprint density at radius 2 is 1.65 bits per heavy atom. The van der Waals surface area contributed by atoms with E-state index in [9.17, 15) is 19.2 Å². The Hall–Kier alpha value is -3.50. The SMILES string of the molecule is CN(C(=O)[C@H](CCCCN)NC(=O)[C@@H]1CCCN1C(=O)Cc1cccc2ccccc12)[C@@H](CCCCN)C(N)=O. The van der Waals surface area contributed by atoms with Gasteiger partial charge < -0.3 is 32.3 Å². The van der Waals surface area contributed by atoms with Gasteiger partial charge in [-0.1, -0.05) is 42.5 Å². The Labute approximate surface area is 236 Å². The predicted octanol–water partition coefficient (Wildman–Crippen LogP) is 1.43. The maximum Gasteiger partial charge on any atom is 0.245 e. The predicted molar refractivity (Wildman–Crippen MR) is 156 cm³/mol. The van der Waals surface area contributed by atoms with Gasteiger partial charge in [0.1, 0.15) is 18.1 Å². The Morgan fingerprint density at radius 3 is 2.35 bits per heavy atom. The van der Waals surface area contributed by atoms with Crippen molar-refractivity contribution < 1.29 is 19.2 Å². The van der Waals surface area contributed by atoms with Crippen molar-refractivity contribution in [2.45, 2.75) is 75.9 Å². The molecule has 2 aromatic rings. The zero-order valence-corrected chi connectivity index (χ0v) is 23.5. The minimum absolute atomic E-state index is 0.120. The molecule has 4 amide bonds. The van der Waals surface area contributed by atoms with Crippen LogP contribution in [0, 0.1) is 0 Å². The summed E-state index contributed by atoms with van der Waals surface area (Å²) >= 11 is 0. The standard InChI is InChI=1S/C30H44N6O4/c1-35(25(28(33)38)15-5-7-18-32)30(40)24(14-4-6-17-31)34-29(39)26-16-9-19-36(26)27(37)20-22-12-8-11-21-10-2-3-13-23(21)22/h2-3,8,10-13,24-26H,4-7,9,14-20,31-32H2,1H3,(H2,33,38)(H,34,39)/t24-,25-,26-/m0/s1. The molecule has 10 heteroatoms. The number of nitrogens with two attached hydrogens (primary N) is 3. The normalized spacial score (nSPS) is 16.5. The lowest BCUT2D eigenvalue weighted by molar-refractivity contribution is -0.143. The average molecular weight is 553 g/mol. The number of primary amides is 1. The highest BCUT2D eigenvalue weighted by Gasteiger charge is 2.37. The second-order valence-electron chi connectivity index (χ2n) is 10.6. The number of benzene rings is 2. The number of hydrogen-bond acceptors (Lipinski definition) is 6. The molecular weight excluding hydrogens is 508 g/mol. The molecule has 2 aromatic carbocycles. The van der Waals surface area contributed by atoms with E-state index in [1.165, 1.54) is 11.9 Å². The molecule has 7 N–H and O–H groups in total. The number of rotatable bonds is 15. The van der Waals surface area contributed by atoms with E-state index in [0.29, 0.717) is 71.0 Å². The molecule has 218 valence electrons. The van der Waals surface area contributed by atoms with Crippen molar-refractivity contribution in [1.82, 2.24) is 15.1 Å². The smallest absolute Gasteiger partial charge is 0.245 e. The quantitative estimate of drug-likeness (QED) is 0.244. The first-order valence-electron chi connectivity index (χ1n) is 14.3. The second kappa shape index (κ2) is 15.3.